The van der Waals surface area contributed by atoms with E-state index in [1.807, 2.05) is 19.9 Å². The molecule has 6 heteroatoms. The molecule has 1 heterocycles. The van der Waals surface area contributed by atoms with Gasteiger partial charge in [-0.1, -0.05) is 0 Å². The van der Waals surface area contributed by atoms with Crippen LogP contribution in [-0.4, -0.2) is 35.1 Å². The highest BCUT2D eigenvalue weighted by molar-refractivity contribution is 6.04. The van der Waals surface area contributed by atoms with Gasteiger partial charge in [0.05, 0.1) is 0 Å². The second-order valence-corrected chi connectivity index (χ2v) is 5.37. The Bertz CT molecular complexity index is 690. The Hall–Kier alpha value is -2.60. The number of rotatable bonds is 6. The molecule has 0 bridgehead atoms. The number of carbonyl (C=O) groups excluding carboxylic acids is 2. The minimum Gasteiger partial charge on any atom is -0.396 e. The van der Waals surface area contributed by atoms with Gasteiger partial charge in [0.15, 0.2) is 0 Å². The quantitative estimate of drug-likeness (QED) is 0.614. The maximum absolute atomic E-state index is 12.2. The van der Waals surface area contributed by atoms with Gasteiger partial charge in [0, 0.05) is 30.1 Å². The molecule has 1 aromatic heterocycles. The third-order valence-electron chi connectivity index (χ3n) is 3.40. The first-order chi connectivity index (χ1) is 11.0. The summed E-state index contributed by atoms with van der Waals surface area (Å²) in [5.74, 6) is -0.414. The van der Waals surface area contributed by atoms with E-state index < -0.39 is 0 Å². The lowest BCUT2D eigenvalue weighted by atomic mass is 10.2. The summed E-state index contributed by atoms with van der Waals surface area (Å²) in [5, 5.41) is 14.2. The summed E-state index contributed by atoms with van der Waals surface area (Å²) in [5.41, 5.74) is 3.48. The van der Waals surface area contributed by atoms with Crippen LogP contribution in [0.1, 0.15) is 38.5 Å². The van der Waals surface area contributed by atoms with Gasteiger partial charge >= 0.3 is 0 Å². The average Bonchev–Trinajstić information content (AvgIpc) is 2.87. The van der Waals surface area contributed by atoms with Crippen molar-refractivity contribution in [2.75, 3.05) is 18.5 Å². The molecule has 0 saturated carbocycles. The standard InChI is InChI=1S/C17H21N3O3/c1-11-10-12(2)19-15(11)17(23)20-14-6-4-13(5-7-14)16(22)18-8-3-9-21/h4-7,10,19,21H,3,8-9H2,1-2H3,(H,18,22)(H,20,23). The predicted octanol–water partition coefficient (Wildman–Crippen LogP) is 2.00. The molecule has 2 aromatic rings. The first-order valence-electron chi connectivity index (χ1n) is 7.48. The van der Waals surface area contributed by atoms with Crippen LogP contribution in [0.2, 0.25) is 0 Å². The van der Waals surface area contributed by atoms with Crippen molar-refractivity contribution in [1.82, 2.24) is 10.3 Å². The van der Waals surface area contributed by atoms with Crippen molar-refractivity contribution < 1.29 is 14.7 Å². The minimum atomic E-state index is -0.212. The number of hydrogen-bond acceptors (Lipinski definition) is 3. The van der Waals surface area contributed by atoms with E-state index in [-0.39, 0.29) is 18.4 Å². The molecule has 122 valence electrons. The molecule has 0 aliphatic rings. The van der Waals surface area contributed by atoms with Crippen molar-refractivity contribution in [2.45, 2.75) is 20.3 Å². The van der Waals surface area contributed by atoms with Gasteiger partial charge < -0.3 is 20.7 Å². The van der Waals surface area contributed by atoms with Gasteiger partial charge in [0.2, 0.25) is 0 Å². The lowest BCUT2D eigenvalue weighted by Crippen LogP contribution is -2.25. The number of carbonyl (C=O) groups is 2. The molecule has 0 saturated heterocycles. The molecular weight excluding hydrogens is 294 g/mol. The van der Waals surface area contributed by atoms with Crippen molar-refractivity contribution in [3.05, 3.63) is 52.8 Å². The van der Waals surface area contributed by atoms with E-state index in [1.54, 1.807) is 24.3 Å². The number of aliphatic hydroxyl groups excluding tert-OH is 1. The first kappa shape index (κ1) is 16.8. The largest absolute Gasteiger partial charge is 0.396 e. The second-order valence-electron chi connectivity index (χ2n) is 5.37. The molecule has 0 fully saturated rings. The zero-order valence-electron chi connectivity index (χ0n) is 13.3. The number of hydrogen-bond donors (Lipinski definition) is 4. The van der Waals surface area contributed by atoms with E-state index in [9.17, 15) is 9.59 Å². The SMILES string of the molecule is Cc1cc(C)c(C(=O)Nc2ccc(C(=O)NCCCO)cc2)[nH]1. The van der Waals surface area contributed by atoms with E-state index in [4.69, 9.17) is 5.11 Å². The monoisotopic (exact) mass is 315 g/mol. The Labute approximate surface area is 134 Å². The number of H-pyrrole nitrogens is 1. The lowest BCUT2D eigenvalue weighted by molar-refractivity contribution is 0.0950. The van der Waals surface area contributed by atoms with Gasteiger partial charge in [0.25, 0.3) is 11.8 Å². The van der Waals surface area contributed by atoms with Gasteiger partial charge in [-0.3, -0.25) is 9.59 Å². The summed E-state index contributed by atoms with van der Waals surface area (Å²) in [6.07, 6.45) is 0.523. The molecule has 0 atom stereocenters. The Balaban J connectivity index is 1.98. The van der Waals surface area contributed by atoms with E-state index in [0.29, 0.717) is 29.9 Å². The van der Waals surface area contributed by atoms with Crippen molar-refractivity contribution >= 4 is 17.5 Å². The summed E-state index contributed by atoms with van der Waals surface area (Å²) >= 11 is 0. The van der Waals surface area contributed by atoms with Crippen LogP contribution in [0.25, 0.3) is 0 Å². The van der Waals surface area contributed by atoms with Gasteiger partial charge in [-0.2, -0.15) is 0 Å². The molecule has 6 nitrogen and oxygen atoms in total. The van der Waals surface area contributed by atoms with Gasteiger partial charge in [0.1, 0.15) is 5.69 Å². The zero-order valence-corrected chi connectivity index (χ0v) is 13.3. The van der Waals surface area contributed by atoms with Crippen molar-refractivity contribution in [3.8, 4) is 0 Å². The molecule has 2 amide bonds. The topological polar surface area (TPSA) is 94.2 Å². The van der Waals surface area contributed by atoms with Crippen molar-refractivity contribution in [2.24, 2.45) is 0 Å². The summed E-state index contributed by atoms with van der Waals surface area (Å²) in [6, 6.07) is 8.58. The van der Waals surface area contributed by atoms with Crippen LogP contribution in [0.15, 0.2) is 30.3 Å². The minimum absolute atomic E-state index is 0.0445. The normalized spacial score (nSPS) is 10.4. The van der Waals surface area contributed by atoms with Crippen molar-refractivity contribution in [3.63, 3.8) is 0 Å². The van der Waals surface area contributed by atoms with Crippen LogP contribution in [0.4, 0.5) is 5.69 Å². The number of anilines is 1. The average molecular weight is 315 g/mol. The number of aliphatic hydroxyl groups is 1. The van der Waals surface area contributed by atoms with Crippen LogP contribution in [0, 0.1) is 13.8 Å². The van der Waals surface area contributed by atoms with Crippen LogP contribution < -0.4 is 10.6 Å². The number of benzene rings is 1. The number of aromatic nitrogens is 1. The maximum Gasteiger partial charge on any atom is 0.272 e. The van der Waals surface area contributed by atoms with E-state index in [1.165, 1.54) is 0 Å². The van der Waals surface area contributed by atoms with Gasteiger partial charge in [-0.25, -0.2) is 0 Å². The fraction of sp³-hybridized carbons (Fsp3) is 0.294. The summed E-state index contributed by atoms with van der Waals surface area (Å²) < 4.78 is 0. The fourth-order valence-corrected chi connectivity index (χ4v) is 2.25. The predicted molar refractivity (Wildman–Crippen MR) is 88.7 cm³/mol. The van der Waals surface area contributed by atoms with Crippen LogP contribution in [-0.2, 0) is 0 Å². The smallest absolute Gasteiger partial charge is 0.272 e. The Kier molecular flexibility index (Phi) is 5.54. The van der Waals surface area contributed by atoms with E-state index in [0.717, 1.165) is 11.3 Å². The maximum atomic E-state index is 12.2. The molecule has 2 rings (SSSR count). The van der Waals surface area contributed by atoms with E-state index in [2.05, 4.69) is 15.6 Å². The molecular formula is C17H21N3O3. The van der Waals surface area contributed by atoms with Gasteiger partial charge in [-0.15, -0.1) is 0 Å². The molecule has 0 aliphatic heterocycles. The highest BCUT2D eigenvalue weighted by Crippen LogP contribution is 2.14. The number of aromatic amines is 1. The Morgan fingerprint density at radius 2 is 1.83 bits per heavy atom. The third kappa shape index (κ3) is 4.43. The summed E-state index contributed by atoms with van der Waals surface area (Å²) in [7, 11) is 0. The van der Waals surface area contributed by atoms with Crippen LogP contribution >= 0.6 is 0 Å². The summed E-state index contributed by atoms with van der Waals surface area (Å²) in [4.78, 5) is 27.1. The number of aryl methyl sites for hydroxylation is 2. The highest BCUT2D eigenvalue weighted by atomic mass is 16.3. The van der Waals surface area contributed by atoms with Crippen LogP contribution in [0.5, 0.6) is 0 Å². The lowest BCUT2D eigenvalue weighted by Gasteiger charge is -2.07. The molecule has 1 aromatic carbocycles. The number of amides is 2. The second kappa shape index (κ2) is 7.60. The molecule has 4 N–H and O–H groups in total. The Morgan fingerprint density at radius 1 is 1.13 bits per heavy atom. The van der Waals surface area contributed by atoms with Gasteiger partial charge in [-0.05, 0) is 56.2 Å². The molecule has 0 radical (unpaired) electrons. The fourth-order valence-electron chi connectivity index (χ4n) is 2.25. The zero-order chi connectivity index (χ0) is 16.8. The first-order valence-corrected chi connectivity index (χ1v) is 7.48. The van der Waals surface area contributed by atoms with Crippen molar-refractivity contribution in [1.29, 1.82) is 0 Å². The molecule has 23 heavy (non-hydrogen) atoms. The van der Waals surface area contributed by atoms with E-state index >= 15 is 0 Å². The molecule has 0 aliphatic carbocycles. The molecule has 0 spiro atoms. The van der Waals surface area contributed by atoms with Crippen LogP contribution in [0.3, 0.4) is 0 Å². The number of nitrogens with one attached hydrogen (secondary N) is 3. The highest BCUT2D eigenvalue weighted by Gasteiger charge is 2.12. The summed E-state index contributed by atoms with van der Waals surface area (Å²) in [6.45, 7) is 4.24. The third-order valence-corrected chi connectivity index (χ3v) is 3.40. The molecule has 0 unspecified atom stereocenters. The Morgan fingerprint density at radius 3 is 2.39 bits per heavy atom.